The van der Waals surface area contributed by atoms with E-state index in [9.17, 15) is 14.4 Å². The monoisotopic (exact) mass is 260 g/mol. The van der Waals surface area contributed by atoms with Crippen LogP contribution in [0.1, 0.15) is 24.4 Å². The normalized spacial score (nSPS) is 19.7. The molecule has 0 bridgehead atoms. The molecule has 2 aromatic rings. The van der Waals surface area contributed by atoms with Crippen molar-refractivity contribution in [3.63, 3.8) is 0 Å². The molecule has 98 valence electrons. The van der Waals surface area contributed by atoms with Crippen molar-refractivity contribution in [3.8, 4) is 0 Å². The molecular formula is C12H12N4O3. The SMILES string of the molecule is Cc1cccn2c(=O)n(C3CCC(=O)NC3=O)nc12. The van der Waals surface area contributed by atoms with Crippen molar-refractivity contribution in [1.29, 1.82) is 0 Å². The van der Waals surface area contributed by atoms with Gasteiger partial charge in [-0.15, -0.1) is 5.10 Å². The van der Waals surface area contributed by atoms with Gasteiger partial charge in [-0.3, -0.25) is 19.3 Å². The number of nitrogens with one attached hydrogen (secondary N) is 1. The first-order chi connectivity index (χ1) is 9.08. The Morgan fingerprint density at radius 3 is 2.84 bits per heavy atom. The standard InChI is InChI=1S/C12H12N4O3/c1-7-3-2-6-15-10(7)14-16(12(15)19)8-4-5-9(17)13-11(8)18/h2-3,6,8H,4-5H2,1H3,(H,13,17,18). The van der Waals surface area contributed by atoms with Crippen molar-refractivity contribution in [1.82, 2.24) is 19.5 Å². The minimum Gasteiger partial charge on any atom is -0.295 e. The third kappa shape index (κ3) is 1.74. The van der Waals surface area contributed by atoms with Gasteiger partial charge in [-0.05, 0) is 25.0 Å². The highest BCUT2D eigenvalue weighted by Gasteiger charge is 2.30. The van der Waals surface area contributed by atoms with Crippen LogP contribution in [0, 0.1) is 6.92 Å². The lowest BCUT2D eigenvalue weighted by Gasteiger charge is -2.19. The maximum atomic E-state index is 12.2. The maximum Gasteiger partial charge on any atom is 0.351 e. The number of hydrogen-bond donors (Lipinski definition) is 1. The molecular weight excluding hydrogens is 248 g/mol. The number of carbonyl (C=O) groups excluding carboxylic acids is 2. The van der Waals surface area contributed by atoms with Crippen molar-refractivity contribution in [2.45, 2.75) is 25.8 Å². The van der Waals surface area contributed by atoms with Gasteiger partial charge in [0.25, 0.3) is 5.91 Å². The molecule has 1 fully saturated rings. The highest BCUT2D eigenvalue weighted by molar-refractivity contribution is 5.99. The number of aromatic nitrogens is 3. The van der Waals surface area contributed by atoms with Crippen molar-refractivity contribution in [2.24, 2.45) is 0 Å². The number of aryl methyl sites for hydroxylation is 1. The van der Waals surface area contributed by atoms with Crippen LogP contribution in [0.2, 0.25) is 0 Å². The van der Waals surface area contributed by atoms with Crippen molar-refractivity contribution < 1.29 is 9.59 Å². The van der Waals surface area contributed by atoms with E-state index in [4.69, 9.17) is 0 Å². The zero-order valence-corrected chi connectivity index (χ0v) is 10.3. The number of fused-ring (bicyclic) bond motifs is 1. The lowest BCUT2D eigenvalue weighted by Crippen LogP contribution is -2.44. The van der Waals surface area contributed by atoms with Crippen LogP contribution in [0.25, 0.3) is 5.65 Å². The van der Waals surface area contributed by atoms with E-state index in [-0.39, 0.29) is 18.0 Å². The summed E-state index contributed by atoms with van der Waals surface area (Å²) >= 11 is 0. The summed E-state index contributed by atoms with van der Waals surface area (Å²) in [5, 5.41) is 6.43. The molecule has 1 atom stereocenters. The molecule has 0 saturated carbocycles. The van der Waals surface area contributed by atoms with Crippen LogP contribution in [0.3, 0.4) is 0 Å². The van der Waals surface area contributed by atoms with E-state index in [0.29, 0.717) is 12.1 Å². The highest BCUT2D eigenvalue weighted by Crippen LogP contribution is 2.16. The van der Waals surface area contributed by atoms with Gasteiger partial charge in [0.2, 0.25) is 5.91 Å². The Morgan fingerprint density at radius 1 is 1.37 bits per heavy atom. The third-order valence-electron chi connectivity index (χ3n) is 3.27. The Labute approximate surface area is 107 Å². The first kappa shape index (κ1) is 11.6. The fourth-order valence-electron chi connectivity index (χ4n) is 2.26. The number of rotatable bonds is 1. The number of piperidine rings is 1. The van der Waals surface area contributed by atoms with Crippen LogP contribution in [-0.4, -0.2) is 26.0 Å². The van der Waals surface area contributed by atoms with E-state index in [1.54, 1.807) is 12.3 Å². The quantitative estimate of drug-likeness (QED) is 0.718. The van der Waals surface area contributed by atoms with E-state index < -0.39 is 11.9 Å². The van der Waals surface area contributed by atoms with Gasteiger partial charge in [0.05, 0.1) is 0 Å². The van der Waals surface area contributed by atoms with E-state index in [1.165, 1.54) is 4.40 Å². The number of imide groups is 1. The van der Waals surface area contributed by atoms with E-state index >= 15 is 0 Å². The minimum absolute atomic E-state index is 0.218. The fourth-order valence-corrected chi connectivity index (χ4v) is 2.26. The smallest absolute Gasteiger partial charge is 0.295 e. The second-order valence-corrected chi connectivity index (χ2v) is 4.58. The van der Waals surface area contributed by atoms with Gasteiger partial charge in [0, 0.05) is 12.6 Å². The van der Waals surface area contributed by atoms with Gasteiger partial charge in [-0.1, -0.05) is 6.07 Å². The molecule has 3 heterocycles. The Bertz CT molecular complexity index is 743. The summed E-state index contributed by atoms with van der Waals surface area (Å²) in [7, 11) is 0. The second kappa shape index (κ2) is 4.04. The summed E-state index contributed by atoms with van der Waals surface area (Å²) in [4.78, 5) is 35.1. The highest BCUT2D eigenvalue weighted by atomic mass is 16.2. The minimum atomic E-state index is -0.718. The van der Waals surface area contributed by atoms with Crippen LogP contribution < -0.4 is 11.0 Å². The number of nitrogens with zero attached hydrogens (tertiary/aromatic N) is 3. The molecule has 0 spiro atoms. The predicted molar refractivity (Wildman–Crippen MR) is 65.6 cm³/mol. The molecule has 3 rings (SSSR count). The summed E-state index contributed by atoms with van der Waals surface area (Å²) in [5.41, 5.74) is 1.01. The summed E-state index contributed by atoms with van der Waals surface area (Å²) in [6, 6.07) is 2.88. The number of pyridine rings is 1. The summed E-state index contributed by atoms with van der Waals surface area (Å²) in [5.74, 6) is -0.784. The van der Waals surface area contributed by atoms with E-state index in [2.05, 4.69) is 10.4 Å². The average molecular weight is 260 g/mol. The van der Waals surface area contributed by atoms with Gasteiger partial charge < -0.3 is 0 Å². The Morgan fingerprint density at radius 2 is 2.16 bits per heavy atom. The second-order valence-electron chi connectivity index (χ2n) is 4.58. The van der Waals surface area contributed by atoms with Crippen LogP contribution in [0.4, 0.5) is 0 Å². The molecule has 7 heteroatoms. The average Bonchev–Trinajstić information content (AvgIpc) is 2.69. The molecule has 2 aromatic heterocycles. The fraction of sp³-hybridized carbons (Fsp3) is 0.333. The molecule has 1 aliphatic rings. The van der Waals surface area contributed by atoms with Crippen molar-refractivity contribution >= 4 is 17.5 Å². The van der Waals surface area contributed by atoms with Gasteiger partial charge in [0.15, 0.2) is 5.65 Å². The van der Waals surface area contributed by atoms with Gasteiger partial charge in [-0.25, -0.2) is 4.79 Å². The van der Waals surface area contributed by atoms with Crippen LogP contribution in [-0.2, 0) is 9.59 Å². The number of carbonyl (C=O) groups is 2. The summed E-state index contributed by atoms with van der Waals surface area (Å²) in [6.07, 6.45) is 2.13. The molecule has 0 radical (unpaired) electrons. The first-order valence-corrected chi connectivity index (χ1v) is 5.98. The van der Waals surface area contributed by atoms with Crippen molar-refractivity contribution in [2.75, 3.05) is 0 Å². The molecule has 0 aromatic carbocycles. The number of amides is 2. The molecule has 7 nitrogen and oxygen atoms in total. The Balaban J connectivity index is 2.13. The third-order valence-corrected chi connectivity index (χ3v) is 3.27. The maximum absolute atomic E-state index is 12.2. The van der Waals surface area contributed by atoms with Gasteiger partial charge >= 0.3 is 5.69 Å². The lowest BCUT2D eigenvalue weighted by atomic mass is 10.1. The molecule has 2 amide bonds. The first-order valence-electron chi connectivity index (χ1n) is 5.98. The number of hydrogen-bond acceptors (Lipinski definition) is 4. The zero-order valence-electron chi connectivity index (χ0n) is 10.3. The molecule has 1 aliphatic heterocycles. The van der Waals surface area contributed by atoms with Gasteiger partial charge in [0.1, 0.15) is 6.04 Å². The van der Waals surface area contributed by atoms with Crippen LogP contribution in [0.15, 0.2) is 23.1 Å². The van der Waals surface area contributed by atoms with E-state index in [1.807, 2.05) is 13.0 Å². The Hall–Kier alpha value is -2.44. The molecule has 1 saturated heterocycles. The van der Waals surface area contributed by atoms with E-state index in [0.717, 1.165) is 10.2 Å². The molecule has 19 heavy (non-hydrogen) atoms. The zero-order chi connectivity index (χ0) is 13.6. The molecule has 0 aliphatic carbocycles. The van der Waals surface area contributed by atoms with Crippen LogP contribution >= 0.6 is 0 Å². The summed E-state index contributed by atoms with van der Waals surface area (Å²) < 4.78 is 2.56. The Kier molecular flexibility index (Phi) is 2.48. The molecule has 1 N–H and O–H groups in total. The topological polar surface area (TPSA) is 85.5 Å². The lowest BCUT2D eigenvalue weighted by molar-refractivity contribution is -0.136. The summed E-state index contributed by atoms with van der Waals surface area (Å²) in [6.45, 7) is 1.84. The van der Waals surface area contributed by atoms with Crippen molar-refractivity contribution in [3.05, 3.63) is 34.4 Å². The van der Waals surface area contributed by atoms with Crippen LogP contribution in [0.5, 0.6) is 0 Å². The van der Waals surface area contributed by atoms with Gasteiger partial charge in [-0.2, -0.15) is 4.68 Å². The predicted octanol–water partition coefficient (Wildman–Crippen LogP) is -0.218. The largest absolute Gasteiger partial charge is 0.351 e. The molecule has 1 unspecified atom stereocenters.